The summed E-state index contributed by atoms with van der Waals surface area (Å²) in [7, 11) is 3.85. The van der Waals surface area contributed by atoms with Gasteiger partial charge in [0.2, 0.25) is 5.91 Å². The molecule has 1 heterocycles. The number of benzene rings is 1. The number of pyridine rings is 1. The summed E-state index contributed by atoms with van der Waals surface area (Å²) in [5, 5.41) is 2.79. The molecular weight excluding hydrogens is 346 g/mol. The van der Waals surface area contributed by atoms with Crippen LogP contribution in [0.2, 0.25) is 0 Å². The summed E-state index contributed by atoms with van der Waals surface area (Å²) in [6.07, 6.45) is 1.65. The molecule has 0 radical (unpaired) electrons. The molecule has 0 spiro atoms. The first kappa shape index (κ1) is 20.4. The van der Waals surface area contributed by atoms with Crippen molar-refractivity contribution in [2.24, 2.45) is 0 Å². The minimum atomic E-state index is -0.372. The molecule has 144 valence electrons. The Hall–Kier alpha value is -2.93. The van der Waals surface area contributed by atoms with Crippen LogP contribution in [0.5, 0.6) is 0 Å². The third kappa shape index (κ3) is 6.07. The van der Waals surface area contributed by atoms with E-state index in [1.807, 2.05) is 19.0 Å². The molecule has 0 bridgehead atoms. The zero-order valence-electron chi connectivity index (χ0n) is 15.9. The summed E-state index contributed by atoms with van der Waals surface area (Å²) in [6, 6.07) is 10.1. The Morgan fingerprint density at radius 3 is 2.37 bits per heavy atom. The van der Waals surface area contributed by atoms with Crippen molar-refractivity contribution in [1.29, 1.82) is 0 Å². The average Bonchev–Trinajstić information content (AvgIpc) is 2.63. The van der Waals surface area contributed by atoms with Gasteiger partial charge in [-0.3, -0.25) is 9.59 Å². The van der Waals surface area contributed by atoms with Gasteiger partial charge in [-0.15, -0.1) is 0 Å². The minimum absolute atomic E-state index is 0.0407. The van der Waals surface area contributed by atoms with Gasteiger partial charge in [-0.1, -0.05) is 12.1 Å². The topological polar surface area (TPSA) is 80.6 Å². The van der Waals surface area contributed by atoms with E-state index in [1.165, 1.54) is 10.6 Å². The Balaban J connectivity index is 2.11. The Kier molecular flexibility index (Phi) is 7.31. The summed E-state index contributed by atoms with van der Waals surface area (Å²) in [6.45, 7) is 3.29. The number of hydrogen-bond donors (Lipinski definition) is 1. The van der Waals surface area contributed by atoms with Crippen LogP contribution in [-0.4, -0.2) is 55.1 Å². The van der Waals surface area contributed by atoms with Crippen LogP contribution in [0.25, 0.3) is 11.1 Å². The lowest BCUT2D eigenvalue weighted by Crippen LogP contribution is -2.35. The number of nitrogens with zero attached hydrogens (tertiary/aromatic N) is 2. The lowest BCUT2D eigenvalue weighted by molar-refractivity contribution is -0.121. The maximum Gasteiger partial charge on any atom is 0.338 e. The van der Waals surface area contributed by atoms with Crippen LogP contribution in [0.15, 0.2) is 47.4 Å². The summed E-state index contributed by atoms with van der Waals surface area (Å²) in [5.41, 5.74) is 1.84. The van der Waals surface area contributed by atoms with E-state index in [2.05, 4.69) is 5.32 Å². The smallest absolute Gasteiger partial charge is 0.338 e. The van der Waals surface area contributed by atoms with Gasteiger partial charge in [0.15, 0.2) is 0 Å². The van der Waals surface area contributed by atoms with Crippen molar-refractivity contribution in [1.82, 2.24) is 14.8 Å². The SMILES string of the molecule is CCOC(=O)c1ccc(-c2ccc(=O)n(CC(=O)NCCN(C)C)c2)cc1. The molecule has 0 atom stereocenters. The van der Waals surface area contributed by atoms with Gasteiger partial charge in [-0.05, 0) is 50.3 Å². The van der Waals surface area contributed by atoms with Crippen LogP contribution in [-0.2, 0) is 16.1 Å². The molecule has 0 unspecified atom stereocenters. The van der Waals surface area contributed by atoms with Crippen molar-refractivity contribution in [2.75, 3.05) is 33.8 Å². The molecule has 7 nitrogen and oxygen atoms in total. The fourth-order valence-corrected chi connectivity index (χ4v) is 2.47. The number of aromatic nitrogens is 1. The number of carbonyl (C=O) groups excluding carboxylic acids is 2. The third-order valence-electron chi connectivity index (χ3n) is 3.91. The molecule has 0 aliphatic rings. The Labute approximate surface area is 158 Å². The molecule has 0 saturated heterocycles. The molecule has 1 aromatic heterocycles. The van der Waals surface area contributed by atoms with Crippen molar-refractivity contribution < 1.29 is 14.3 Å². The molecule has 2 aromatic rings. The average molecular weight is 371 g/mol. The van der Waals surface area contributed by atoms with Crippen molar-refractivity contribution in [3.8, 4) is 11.1 Å². The zero-order valence-corrected chi connectivity index (χ0v) is 15.9. The van der Waals surface area contributed by atoms with E-state index >= 15 is 0 Å². The lowest BCUT2D eigenvalue weighted by atomic mass is 10.1. The Bertz CT molecular complexity index is 841. The van der Waals surface area contributed by atoms with Gasteiger partial charge >= 0.3 is 5.97 Å². The highest BCUT2D eigenvalue weighted by Gasteiger charge is 2.09. The van der Waals surface area contributed by atoms with Gasteiger partial charge in [0, 0.05) is 25.4 Å². The fraction of sp³-hybridized carbons (Fsp3) is 0.350. The molecule has 0 aliphatic heterocycles. The van der Waals surface area contributed by atoms with Crippen LogP contribution < -0.4 is 10.9 Å². The molecule has 0 saturated carbocycles. The molecule has 7 heteroatoms. The van der Waals surface area contributed by atoms with E-state index in [0.29, 0.717) is 18.7 Å². The number of amides is 1. The predicted molar refractivity (Wildman–Crippen MR) is 104 cm³/mol. The van der Waals surface area contributed by atoms with Crippen LogP contribution in [0, 0.1) is 0 Å². The summed E-state index contributed by atoms with van der Waals surface area (Å²) in [5.74, 6) is -0.586. The van der Waals surface area contributed by atoms with Crippen LogP contribution >= 0.6 is 0 Å². The molecule has 1 amide bonds. The van der Waals surface area contributed by atoms with E-state index in [1.54, 1.807) is 43.5 Å². The Morgan fingerprint density at radius 2 is 1.74 bits per heavy atom. The quantitative estimate of drug-likeness (QED) is 0.709. The number of nitrogens with one attached hydrogen (secondary N) is 1. The van der Waals surface area contributed by atoms with Crippen LogP contribution in [0.1, 0.15) is 17.3 Å². The van der Waals surface area contributed by atoms with Crippen molar-refractivity contribution in [2.45, 2.75) is 13.5 Å². The first-order valence-electron chi connectivity index (χ1n) is 8.80. The molecule has 2 rings (SSSR count). The van der Waals surface area contributed by atoms with E-state index in [4.69, 9.17) is 4.74 Å². The number of hydrogen-bond acceptors (Lipinski definition) is 5. The van der Waals surface area contributed by atoms with Crippen molar-refractivity contribution in [3.05, 3.63) is 58.5 Å². The lowest BCUT2D eigenvalue weighted by Gasteiger charge is -2.12. The number of likely N-dealkylation sites (N-methyl/N-ethyl adjacent to an activating group) is 1. The molecule has 0 fully saturated rings. The van der Waals surface area contributed by atoms with Crippen molar-refractivity contribution in [3.63, 3.8) is 0 Å². The third-order valence-corrected chi connectivity index (χ3v) is 3.91. The molecule has 1 N–H and O–H groups in total. The predicted octanol–water partition coefficient (Wildman–Crippen LogP) is 1.37. The van der Waals surface area contributed by atoms with E-state index in [-0.39, 0.29) is 24.0 Å². The zero-order chi connectivity index (χ0) is 19.8. The normalized spacial score (nSPS) is 10.7. The van der Waals surface area contributed by atoms with Gasteiger partial charge in [-0.2, -0.15) is 0 Å². The first-order valence-corrected chi connectivity index (χ1v) is 8.80. The molecule has 27 heavy (non-hydrogen) atoms. The fourth-order valence-electron chi connectivity index (χ4n) is 2.47. The van der Waals surface area contributed by atoms with Gasteiger partial charge in [0.1, 0.15) is 6.54 Å². The second-order valence-corrected chi connectivity index (χ2v) is 6.33. The van der Waals surface area contributed by atoms with Crippen LogP contribution in [0.3, 0.4) is 0 Å². The van der Waals surface area contributed by atoms with Gasteiger partial charge in [0.25, 0.3) is 5.56 Å². The number of esters is 1. The summed E-state index contributed by atoms with van der Waals surface area (Å²) in [4.78, 5) is 37.8. The second-order valence-electron chi connectivity index (χ2n) is 6.33. The van der Waals surface area contributed by atoms with Gasteiger partial charge in [0.05, 0.1) is 12.2 Å². The Morgan fingerprint density at radius 1 is 1.07 bits per heavy atom. The monoisotopic (exact) mass is 371 g/mol. The second kappa shape index (κ2) is 9.68. The molecular formula is C20H25N3O4. The maximum absolute atomic E-state index is 12.0. The highest BCUT2D eigenvalue weighted by atomic mass is 16.5. The van der Waals surface area contributed by atoms with E-state index in [9.17, 15) is 14.4 Å². The minimum Gasteiger partial charge on any atom is -0.462 e. The number of rotatable bonds is 8. The van der Waals surface area contributed by atoms with Gasteiger partial charge in [-0.25, -0.2) is 4.79 Å². The van der Waals surface area contributed by atoms with E-state index in [0.717, 1.165) is 17.7 Å². The maximum atomic E-state index is 12.0. The van der Waals surface area contributed by atoms with Gasteiger partial charge < -0.3 is 19.5 Å². The van der Waals surface area contributed by atoms with E-state index < -0.39 is 0 Å². The molecule has 1 aromatic carbocycles. The highest BCUT2D eigenvalue weighted by molar-refractivity contribution is 5.90. The standard InChI is InChI=1S/C20H25N3O4/c1-4-27-20(26)16-7-5-15(6-8-16)17-9-10-19(25)23(13-17)14-18(24)21-11-12-22(2)3/h5-10,13H,4,11-12,14H2,1-3H3,(H,21,24). The highest BCUT2D eigenvalue weighted by Crippen LogP contribution is 2.19. The summed E-state index contributed by atoms with van der Waals surface area (Å²) < 4.78 is 6.34. The molecule has 0 aliphatic carbocycles. The number of carbonyl (C=O) groups is 2. The van der Waals surface area contributed by atoms with Crippen LogP contribution in [0.4, 0.5) is 0 Å². The summed E-state index contributed by atoms with van der Waals surface area (Å²) >= 11 is 0. The largest absolute Gasteiger partial charge is 0.462 e. The number of ether oxygens (including phenoxy) is 1. The van der Waals surface area contributed by atoms with Crippen molar-refractivity contribution >= 4 is 11.9 Å². The first-order chi connectivity index (χ1) is 12.9.